The largest absolute Gasteiger partial charge is 0.491 e. The Bertz CT molecular complexity index is 282. The number of ether oxygens (including phenoxy) is 1. The standard InChI is InChI=1S/C11H14O3/c1-9(12)7-10(13)8-14-11-5-3-2-4-6-11/h2-6,10,13H,7-8H2,1H3/t10-/m1/s1. The molecule has 1 N–H and O–H groups in total. The lowest BCUT2D eigenvalue weighted by molar-refractivity contribution is -0.119. The van der Waals surface area contributed by atoms with Crippen LogP contribution in [0.15, 0.2) is 30.3 Å². The SMILES string of the molecule is CC(=O)C[C@@H](O)COc1ccccc1. The number of aliphatic hydroxyl groups is 1. The molecule has 0 amide bonds. The lowest BCUT2D eigenvalue weighted by atomic mass is 10.2. The first-order chi connectivity index (χ1) is 6.68. The number of benzene rings is 1. The molecule has 0 radical (unpaired) electrons. The topological polar surface area (TPSA) is 46.5 Å². The third kappa shape index (κ3) is 4.05. The highest BCUT2D eigenvalue weighted by Gasteiger charge is 2.07. The number of hydrogen-bond donors (Lipinski definition) is 1. The van der Waals surface area contributed by atoms with Crippen LogP contribution in [0.3, 0.4) is 0 Å². The Morgan fingerprint density at radius 1 is 1.43 bits per heavy atom. The van der Waals surface area contributed by atoms with E-state index in [-0.39, 0.29) is 18.8 Å². The van der Waals surface area contributed by atoms with E-state index in [4.69, 9.17) is 4.74 Å². The Morgan fingerprint density at radius 3 is 2.64 bits per heavy atom. The number of carbonyl (C=O) groups excluding carboxylic acids is 1. The summed E-state index contributed by atoms with van der Waals surface area (Å²) in [6.07, 6.45) is -0.569. The number of carbonyl (C=O) groups is 1. The minimum Gasteiger partial charge on any atom is -0.491 e. The Kier molecular flexibility index (Phi) is 4.13. The Hall–Kier alpha value is -1.35. The number of aliphatic hydroxyl groups excluding tert-OH is 1. The van der Waals surface area contributed by atoms with Gasteiger partial charge in [0.15, 0.2) is 0 Å². The third-order valence-electron chi connectivity index (χ3n) is 1.71. The van der Waals surface area contributed by atoms with Crippen molar-refractivity contribution in [1.29, 1.82) is 0 Å². The van der Waals surface area contributed by atoms with Crippen molar-refractivity contribution >= 4 is 5.78 Å². The van der Waals surface area contributed by atoms with E-state index in [1.54, 1.807) is 12.1 Å². The third-order valence-corrected chi connectivity index (χ3v) is 1.71. The first-order valence-electron chi connectivity index (χ1n) is 4.54. The molecule has 1 aromatic carbocycles. The van der Waals surface area contributed by atoms with Crippen LogP contribution in [0, 0.1) is 0 Å². The summed E-state index contributed by atoms with van der Waals surface area (Å²) in [4.78, 5) is 10.6. The molecule has 3 heteroatoms. The first kappa shape index (κ1) is 10.7. The van der Waals surface area contributed by atoms with E-state index >= 15 is 0 Å². The number of ketones is 1. The van der Waals surface area contributed by atoms with E-state index in [0.717, 1.165) is 0 Å². The number of hydrogen-bond acceptors (Lipinski definition) is 3. The lowest BCUT2D eigenvalue weighted by Gasteiger charge is -2.10. The Balaban J connectivity index is 2.30. The lowest BCUT2D eigenvalue weighted by Crippen LogP contribution is -2.20. The second-order valence-electron chi connectivity index (χ2n) is 3.18. The predicted molar refractivity (Wildman–Crippen MR) is 53.2 cm³/mol. The molecule has 0 aliphatic carbocycles. The van der Waals surface area contributed by atoms with Crippen LogP contribution in [-0.2, 0) is 4.79 Å². The summed E-state index contributed by atoms with van der Waals surface area (Å²) in [6.45, 7) is 1.61. The van der Waals surface area contributed by atoms with E-state index < -0.39 is 6.10 Å². The molecule has 14 heavy (non-hydrogen) atoms. The highest BCUT2D eigenvalue weighted by Crippen LogP contribution is 2.09. The zero-order valence-electron chi connectivity index (χ0n) is 8.14. The van der Waals surface area contributed by atoms with E-state index in [1.807, 2.05) is 18.2 Å². The van der Waals surface area contributed by atoms with Crippen LogP contribution in [0.2, 0.25) is 0 Å². The van der Waals surface area contributed by atoms with Gasteiger partial charge in [-0.25, -0.2) is 0 Å². The van der Waals surface area contributed by atoms with Crippen LogP contribution in [0.25, 0.3) is 0 Å². The van der Waals surface area contributed by atoms with Crippen LogP contribution in [-0.4, -0.2) is 23.6 Å². The molecule has 0 spiro atoms. The highest BCUT2D eigenvalue weighted by atomic mass is 16.5. The Labute approximate surface area is 83.3 Å². The maximum absolute atomic E-state index is 10.6. The summed E-state index contributed by atoms with van der Waals surface area (Å²) >= 11 is 0. The average Bonchev–Trinajstić information content (AvgIpc) is 2.15. The zero-order chi connectivity index (χ0) is 10.4. The molecule has 1 rings (SSSR count). The summed E-state index contributed by atoms with van der Waals surface area (Å²) in [7, 11) is 0. The second kappa shape index (κ2) is 5.40. The minimum absolute atomic E-state index is 0.0332. The molecule has 0 aliphatic heterocycles. The van der Waals surface area contributed by atoms with Gasteiger partial charge in [0.1, 0.15) is 18.1 Å². The maximum Gasteiger partial charge on any atom is 0.132 e. The van der Waals surface area contributed by atoms with Gasteiger partial charge in [0.25, 0.3) is 0 Å². The monoisotopic (exact) mass is 194 g/mol. The van der Waals surface area contributed by atoms with Gasteiger partial charge in [0, 0.05) is 6.42 Å². The van der Waals surface area contributed by atoms with Crippen molar-refractivity contribution in [2.75, 3.05) is 6.61 Å². The first-order valence-corrected chi connectivity index (χ1v) is 4.54. The fourth-order valence-corrected chi connectivity index (χ4v) is 1.10. The summed E-state index contributed by atoms with van der Waals surface area (Å²) < 4.78 is 5.27. The van der Waals surface area contributed by atoms with Gasteiger partial charge in [0.2, 0.25) is 0 Å². The summed E-state index contributed by atoms with van der Waals surface area (Å²) in [5, 5.41) is 9.34. The van der Waals surface area contributed by atoms with Gasteiger partial charge in [-0.1, -0.05) is 18.2 Å². The minimum atomic E-state index is -0.715. The van der Waals surface area contributed by atoms with Crippen LogP contribution in [0.1, 0.15) is 13.3 Å². The number of para-hydroxylation sites is 1. The number of rotatable bonds is 5. The molecule has 1 atom stereocenters. The van der Waals surface area contributed by atoms with Gasteiger partial charge in [-0.05, 0) is 19.1 Å². The molecule has 3 nitrogen and oxygen atoms in total. The molecule has 0 heterocycles. The smallest absolute Gasteiger partial charge is 0.132 e. The van der Waals surface area contributed by atoms with Gasteiger partial charge in [-0.15, -0.1) is 0 Å². The van der Waals surface area contributed by atoms with Crippen LogP contribution >= 0.6 is 0 Å². The van der Waals surface area contributed by atoms with E-state index in [1.165, 1.54) is 6.92 Å². The summed E-state index contributed by atoms with van der Waals surface area (Å²) in [5.41, 5.74) is 0. The molecule has 0 fully saturated rings. The zero-order valence-corrected chi connectivity index (χ0v) is 8.14. The molecule has 0 aromatic heterocycles. The maximum atomic E-state index is 10.6. The molecule has 0 aliphatic rings. The van der Waals surface area contributed by atoms with Gasteiger partial charge in [0.05, 0.1) is 6.10 Å². The van der Waals surface area contributed by atoms with Gasteiger partial charge >= 0.3 is 0 Å². The van der Waals surface area contributed by atoms with E-state index in [2.05, 4.69) is 0 Å². The molecule has 0 saturated heterocycles. The Morgan fingerprint density at radius 2 is 2.07 bits per heavy atom. The fourth-order valence-electron chi connectivity index (χ4n) is 1.10. The van der Waals surface area contributed by atoms with Crippen molar-refractivity contribution in [3.63, 3.8) is 0 Å². The quantitative estimate of drug-likeness (QED) is 0.770. The van der Waals surface area contributed by atoms with Crippen LogP contribution < -0.4 is 4.74 Å². The van der Waals surface area contributed by atoms with E-state index in [9.17, 15) is 9.90 Å². The normalized spacial score (nSPS) is 12.1. The second-order valence-corrected chi connectivity index (χ2v) is 3.18. The van der Waals surface area contributed by atoms with Crippen molar-refractivity contribution in [3.8, 4) is 5.75 Å². The predicted octanol–water partition coefficient (Wildman–Crippen LogP) is 1.41. The molecular weight excluding hydrogens is 180 g/mol. The van der Waals surface area contributed by atoms with Crippen LogP contribution in [0.4, 0.5) is 0 Å². The fraction of sp³-hybridized carbons (Fsp3) is 0.364. The van der Waals surface area contributed by atoms with Crippen molar-refractivity contribution in [2.24, 2.45) is 0 Å². The molecular formula is C11H14O3. The number of Topliss-reactive ketones (excluding diaryl/α,β-unsaturated/α-hetero) is 1. The van der Waals surface area contributed by atoms with Crippen molar-refractivity contribution < 1.29 is 14.6 Å². The summed E-state index contributed by atoms with van der Waals surface area (Å²) in [5.74, 6) is 0.671. The van der Waals surface area contributed by atoms with Gasteiger partial charge in [-0.2, -0.15) is 0 Å². The van der Waals surface area contributed by atoms with Crippen LogP contribution in [0.5, 0.6) is 5.75 Å². The van der Waals surface area contributed by atoms with Crippen molar-refractivity contribution in [3.05, 3.63) is 30.3 Å². The van der Waals surface area contributed by atoms with E-state index in [0.29, 0.717) is 5.75 Å². The molecule has 0 unspecified atom stereocenters. The summed E-state index contributed by atoms with van der Waals surface area (Å²) in [6, 6.07) is 9.21. The van der Waals surface area contributed by atoms with Gasteiger partial charge in [-0.3, -0.25) is 4.79 Å². The molecule has 0 bridgehead atoms. The molecule has 76 valence electrons. The van der Waals surface area contributed by atoms with Crippen molar-refractivity contribution in [2.45, 2.75) is 19.4 Å². The highest BCUT2D eigenvalue weighted by molar-refractivity contribution is 5.75. The molecule has 1 aromatic rings. The average molecular weight is 194 g/mol. The molecule has 0 saturated carbocycles. The van der Waals surface area contributed by atoms with Crippen molar-refractivity contribution in [1.82, 2.24) is 0 Å². The van der Waals surface area contributed by atoms with Gasteiger partial charge < -0.3 is 9.84 Å².